The minimum absolute atomic E-state index is 0.0758. The normalized spacial score (nSPS) is 20.0. The molecule has 1 aliphatic heterocycles. The Morgan fingerprint density at radius 2 is 1.67 bits per heavy atom. The molecule has 5 heteroatoms. The minimum atomic E-state index is -2.01. The van der Waals surface area contributed by atoms with Crippen molar-refractivity contribution in [2.45, 2.75) is 122 Å². The molecule has 0 bridgehead atoms. The average molecular weight is 399 g/mol. The maximum atomic E-state index is 11.4. The van der Waals surface area contributed by atoms with Crippen LogP contribution in [-0.4, -0.2) is 37.7 Å². The van der Waals surface area contributed by atoms with Crippen LogP contribution >= 0.6 is 0 Å². The molecular weight excluding hydrogens is 356 g/mol. The van der Waals surface area contributed by atoms with E-state index in [1.807, 2.05) is 0 Å². The fraction of sp³-hybridized carbons (Fsp3) is 0.864. The highest BCUT2D eigenvalue weighted by atomic mass is 28.4. The van der Waals surface area contributed by atoms with Crippen LogP contribution in [0.4, 0.5) is 0 Å². The van der Waals surface area contributed by atoms with Crippen molar-refractivity contribution in [3.8, 4) is 0 Å². The number of carbonyl (C=O) groups is 1. The van der Waals surface area contributed by atoms with Crippen LogP contribution in [0.5, 0.6) is 0 Å². The molecule has 1 aliphatic rings. The van der Waals surface area contributed by atoms with Crippen LogP contribution < -0.4 is 0 Å². The summed E-state index contributed by atoms with van der Waals surface area (Å²) in [6.07, 6.45) is 12.2. The summed E-state index contributed by atoms with van der Waals surface area (Å²) in [4.78, 5) is 11.4. The Labute approximate surface area is 167 Å². The molecule has 0 saturated carbocycles. The molecule has 1 rings (SSSR count). The molecule has 0 fully saturated rings. The zero-order valence-electron chi connectivity index (χ0n) is 18.4. The number of ether oxygens (including phenoxy) is 1. The van der Waals surface area contributed by atoms with Gasteiger partial charge in [0, 0.05) is 6.08 Å². The van der Waals surface area contributed by atoms with Crippen molar-refractivity contribution in [1.29, 1.82) is 0 Å². The van der Waals surface area contributed by atoms with E-state index in [1.165, 1.54) is 44.6 Å². The molecule has 1 N–H and O–H groups in total. The fourth-order valence-corrected chi connectivity index (χ4v) is 4.48. The zero-order valence-corrected chi connectivity index (χ0v) is 19.4. The van der Waals surface area contributed by atoms with E-state index in [4.69, 9.17) is 9.16 Å². The van der Waals surface area contributed by atoms with E-state index in [9.17, 15) is 9.90 Å². The topological polar surface area (TPSA) is 55.8 Å². The lowest BCUT2D eigenvalue weighted by Crippen LogP contribution is -2.49. The summed E-state index contributed by atoms with van der Waals surface area (Å²) in [5.41, 5.74) is 0. The first-order valence-electron chi connectivity index (χ1n) is 10.8. The molecule has 0 saturated heterocycles. The Balaban J connectivity index is 2.55. The van der Waals surface area contributed by atoms with Gasteiger partial charge in [-0.15, -0.1) is 0 Å². The molecule has 0 aromatic rings. The van der Waals surface area contributed by atoms with E-state index < -0.39 is 20.5 Å². The molecule has 158 valence electrons. The predicted octanol–water partition coefficient (Wildman–Crippen LogP) is 5.75. The molecule has 1 unspecified atom stereocenters. The summed E-state index contributed by atoms with van der Waals surface area (Å²) in [5, 5.41) is 10.9. The number of aliphatic hydroxyl groups is 1. The minimum Gasteiger partial charge on any atom is -0.452 e. The predicted molar refractivity (Wildman–Crippen MR) is 114 cm³/mol. The summed E-state index contributed by atoms with van der Waals surface area (Å²) in [6, 6.07) is 0. The van der Waals surface area contributed by atoms with Gasteiger partial charge in [0.05, 0.1) is 6.10 Å². The van der Waals surface area contributed by atoms with Gasteiger partial charge in [-0.05, 0) is 30.6 Å². The van der Waals surface area contributed by atoms with Crippen LogP contribution in [0.1, 0.15) is 85.5 Å². The summed E-state index contributed by atoms with van der Waals surface area (Å²) in [6.45, 7) is 13.3. The monoisotopic (exact) mass is 398 g/mol. The Hall–Kier alpha value is -0.653. The van der Waals surface area contributed by atoms with Crippen LogP contribution in [0.3, 0.4) is 0 Å². The molecule has 4 nitrogen and oxygen atoms in total. The van der Waals surface area contributed by atoms with Gasteiger partial charge in [0.1, 0.15) is 12.2 Å². The molecule has 3 atom stereocenters. The van der Waals surface area contributed by atoms with Gasteiger partial charge in [-0.1, -0.05) is 79.1 Å². The fourth-order valence-electron chi connectivity index (χ4n) is 3.12. The number of carbonyl (C=O) groups excluding carboxylic acids is 1. The largest absolute Gasteiger partial charge is 0.452 e. The van der Waals surface area contributed by atoms with Gasteiger partial charge < -0.3 is 14.3 Å². The highest BCUT2D eigenvalue weighted by Crippen LogP contribution is 2.38. The molecule has 0 amide bonds. The summed E-state index contributed by atoms with van der Waals surface area (Å²) < 4.78 is 11.8. The third-order valence-corrected chi connectivity index (χ3v) is 10.5. The standard InChI is InChI=1S/C22H42O4Si/c1-7-8-9-10-11-12-13-14-15-19(26-27(5,6)22(2,3)4)21(24)18-16-17-20(23)25-18/h16-19,21,24H,7-15H2,1-6H3/t18-,19?,21+/m1/s1. The van der Waals surface area contributed by atoms with Crippen LogP contribution in [0.15, 0.2) is 12.2 Å². The van der Waals surface area contributed by atoms with E-state index in [2.05, 4.69) is 40.8 Å². The van der Waals surface area contributed by atoms with Crippen molar-refractivity contribution in [2.75, 3.05) is 0 Å². The van der Waals surface area contributed by atoms with Crippen LogP contribution in [0.2, 0.25) is 18.1 Å². The Morgan fingerprint density at radius 3 is 2.15 bits per heavy atom. The van der Waals surface area contributed by atoms with E-state index in [1.54, 1.807) is 6.08 Å². The first kappa shape index (κ1) is 24.4. The van der Waals surface area contributed by atoms with Gasteiger partial charge in [-0.25, -0.2) is 4.79 Å². The lowest BCUT2D eigenvalue weighted by Gasteiger charge is -2.41. The van der Waals surface area contributed by atoms with Gasteiger partial charge in [-0.3, -0.25) is 0 Å². The van der Waals surface area contributed by atoms with Gasteiger partial charge >= 0.3 is 5.97 Å². The third-order valence-electron chi connectivity index (χ3n) is 5.99. The first-order valence-corrected chi connectivity index (χ1v) is 13.7. The van der Waals surface area contributed by atoms with Crippen molar-refractivity contribution in [1.82, 2.24) is 0 Å². The molecule has 27 heavy (non-hydrogen) atoms. The van der Waals surface area contributed by atoms with Crippen LogP contribution in [0.25, 0.3) is 0 Å². The summed E-state index contributed by atoms with van der Waals surface area (Å²) in [7, 11) is -2.01. The maximum Gasteiger partial charge on any atom is 0.331 e. The smallest absolute Gasteiger partial charge is 0.331 e. The van der Waals surface area contributed by atoms with Crippen molar-refractivity contribution in [3.05, 3.63) is 12.2 Å². The van der Waals surface area contributed by atoms with Gasteiger partial charge in [-0.2, -0.15) is 0 Å². The summed E-state index contributed by atoms with van der Waals surface area (Å²) in [5.74, 6) is -0.378. The second kappa shape index (κ2) is 11.4. The van der Waals surface area contributed by atoms with E-state index in [-0.39, 0.29) is 17.1 Å². The highest BCUT2D eigenvalue weighted by molar-refractivity contribution is 6.74. The Bertz CT molecular complexity index is 467. The second-order valence-electron chi connectivity index (χ2n) is 9.43. The van der Waals surface area contributed by atoms with Crippen molar-refractivity contribution < 1.29 is 19.1 Å². The van der Waals surface area contributed by atoms with Crippen molar-refractivity contribution >= 4 is 14.3 Å². The molecule has 0 radical (unpaired) electrons. The number of unbranched alkanes of at least 4 members (excludes halogenated alkanes) is 7. The molecular formula is C22H42O4Si. The van der Waals surface area contributed by atoms with E-state index in [0.717, 1.165) is 19.3 Å². The lowest BCUT2D eigenvalue weighted by atomic mass is 10.0. The second-order valence-corrected chi connectivity index (χ2v) is 14.2. The molecule has 0 aromatic carbocycles. The number of hydrogen-bond donors (Lipinski definition) is 1. The average Bonchev–Trinajstić information content (AvgIpc) is 3.00. The van der Waals surface area contributed by atoms with Gasteiger partial charge in [0.2, 0.25) is 0 Å². The first-order chi connectivity index (χ1) is 12.6. The zero-order chi connectivity index (χ0) is 20.5. The van der Waals surface area contributed by atoms with Gasteiger partial charge in [0.15, 0.2) is 8.32 Å². The number of aliphatic hydroxyl groups excluding tert-OH is 1. The number of esters is 1. The molecule has 0 aromatic heterocycles. The SMILES string of the molecule is CCCCCCCCCCC(O[Si](C)(C)C(C)(C)C)[C@@H](O)[C@H]1C=CC(=O)O1. The number of rotatable bonds is 13. The van der Waals surface area contributed by atoms with E-state index in [0.29, 0.717) is 0 Å². The Kier molecular flexibility index (Phi) is 10.3. The molecule has 1 heterocycles. The summed E-state index contributed by atoms with van der Waals surface area (Å²) >= 11 is 0. The van der Waals surface area contributed by atoms with Crippen molar-refractivity contribution in [3.63, 3.8) is 0 Å². The molecule has 0 aliphatic carbocycles. The van der Waals surface area contributed by atoms with Crippen molar-refractivity contribution in [2.24, 2.45) is 0 Å². The number of cyclic esters (lactones) is 1. The third kappa shape index (κ3) is 8.49. The molecule has 0 spiro atoms. The Morgan fingerprint density at radius 1 is 1.11 bits per heavy atom. The van der Waals surface area contributed by atoms with Crippen LogP contribution in [0, 0.1) is 0 Å². The highest BCUT2D eigenvalue weighted by Gasteiger charge is 2.42. The van der Waals surface area contributed by atoms with Crippen LogP contribution in [-0.2, 0) is 14.0 Å². The van der Waals surface area contributed by atoms with E-state index >= 15 is 0 Å². The quantitative estimate of drug-likeness (QED) is 0.244. The maximum absolute atomic E-state index is 11.4. The lowest BCUT2D eigenvalue weighted by molar-refractivity contribution is -0.145. The number of hydrogen-bond acceptors (Lipinski definition) is 4. The van der Waals surface area contributed by atoms with Gasteiger partial charge in [0.25, 0.3) is 0 Å².